The fourth-order valence-electron chi connectivity index (χ4n) is 2.40. The summed E-state index contributed by atoms with van der Waals surface area (Å²) >= 11 is 1.78. The van der Waals surface area contributed by atoms with Crippen LogP contribution in [-0.4, -0.2) is 13.2 Å². The molecule has 1 aromatic heterocycles. The molecule has 114 valence electrons. The van der Waals surface area contributed by atoms with Gasteiger partial charge >= 0.3 is 0 Å². The molecular weight excluding hydrogens is 282 g/mol. The highest BCUT2D eigenvalue weighted by molar-refractivity contribution is 7.12. The fraction of sp³-hybridized carbons (Fsp3) is 0.412. The SMILES string of the molecule is CCOc1ccc(C(N)c2cc(C)sc2C)cc1OCC. The van der Waals surface area contributed by atoms with Gasteiger partial charge in [-0.05, 0) is 57.0 Å². The molecule has 3 nitrogen and oxygen atoms in total. The molecule has 0 bridgehead atoms. The topological polar surface area (TPSA) is 44.5 Å². The van der Waals surface area contributed by atoms with E-state index in [1.165, 1.54) is 15.3 Å². The summed E-state index contributed by atoms with van der Waals surface area (Å²) in [5, 5.41) is 0. The summed E-state index contributed by atoms with van der Waals surface area (Å²) in [6.07, 6.45) is 0. The van der Waals surface area contributed by atoms with E-state index in [1.807, 2.05) is 32.0 Å². The zero-order valence-corrected chi connectivity index (χ0v) is 13.9. The minimum Gasteiger partial charge on any atom is -0.490 e. The third-order valence-corrected chi connectivity index (χ3v) is 4.32. The Morgan fingerprint density at radius 3 is 2.29 bits per heavy atom. The molecule has 0 fully saturated rings. The molecule has 0 saturated carbocycles. The predicted octanol–water partition coefficient (Wildman–Crippen LogP) is 4.21. The molecule has 1 heterocycles. The van der Waals surface area contributed by atoms with Crippen LogP contribution in [0.3, 0.4) is 0 Å². The van der Waals surface area contributed by atoms with Gasteiger partial charge in [-0.15, -0.1) is 11.3 Å². The van der Waals surface area contributed by atoms with Crippen molar-refractivity contribution in [1.82, 2.24) is 0 Å². The van der Waals surface area contributed by atoms with Crippen LogP contribution in [0.25, 0.3) is 0 Å². The molecule has 0 aliphatic rings. The van der Waals surface area contributed by atoms with Gasteiger partial charge in [0, 0.05) is 9.75 Å². The van der Waals surface area contributed by atoms with E-state index in [9.17, 15) is 0 Å². The first-order valence-electron chi connectivity index (χ1n) is 7.28. The van der Waals surface area contributed by atoms with Crippen LogP contribution < -0.4 is 15.2 Å². The fourth-order valence-corrected chi connectivity index (χ4v) is 3.37. The number of aryl methyl sites for hydroxylation is 2. The van der Waals surface area contributed by atoms with E-state index in [1.54, 1.807) is 11.3 Å². The second-order valence-corrected chi connectivity index (χ2v) is 6.38. The minimum atomic E-state index is -0.134. The van der Waals surface area contributed by atoms with E-state index in [2.05, 4.69) is 19.9 Å². The number of ether oxygens (including phenoxy) is 2. The minimum absolute atomic E-state index is 0.134. The molecule has 0 radical (unpaired) electrons. The maximum atomic E-state index is 6.43. The Labute approximate surface area is 130 Å². The number of rotatable bonds is 6. The average Bonchev–Trinajstić information content (AvgIpc) is 2.79. The Hall–Kier alpha value is -1.52. The lowest BCUT2D eigenvalue weighted by Crippen LogP contribution is -2.12. The molecule has 1 aromatic carbocycles. The van der Waals surface area contributed by atoms with Crippen LogP contribution in [0.2, 0.25) is 0 Å². The van der Waals surface area contributed by atoms with Gasteiger partial charge in [-0.3, -0.25) is 0 Å². The van der Waals surface area contributed by atoms with Crippen molar-refractivity contribution in [1.29, 1.82) is 0 Å². The van der Waals surface area contributed by atoms with Crippen molar-refractivity contribution in [3.63, 3.8) is 0 Å². The van der Waals surface area contributed by atoms with E-state index in [0.717, 1.165) is 17.1 Å². The Balaban J connectivity index is 2.35. The van der Waals surface area contributed by atoms with Gasteiger partial charge in [-0.1, -0.05) is 6.07 Å². The smallest absolute Gasteiger partial charge is 0.161 e. The second-order valence-electron chi connectivity index (χ2n) is 4.92. The Bertz CT molecular complexity index is 607. The molecule has 0 amide bonds. The molecule has 1 atom stereocenters. The first-order valence-corrected chi connectivity index (χ1v) is 8.10. The highest BCUT2D eigenvalue weighted by atomic mass is 32.1. The van der Waals surface area contributed by atoms with Crippen molar-refractivity contribution in [2.24, 2.45) is 5.73 Å². The molecular formula is C17H23NO2S. The first-order chi connectivity index (χ1) is 10.1. The Morgan fingerprint density at radius 1 is 1.05 bits per heavy atom. The van der Waals surface area contributed by atoms with Crippen LogP contribution in [0.4, 0.5) is 0 Å². The van der Waals surface area contributed by atoms with Gasteiger partial charge in [0.25, 0.3) is 0 Å². The van der Waals surface area contributed by atoms with Crippen LogP contribution in [0, 0.1) is 13.8 Å². The van der Waals surface area contributed by atoms with Crippen molar-refractivity contribution in [2.75, 3.05) is 13.2 Å². The summed E-state index contributed by atoms with van der Waals surface area (Å²) in [7, 11) is 0. The molecule has 0 saturated heterocycles. The van der Waals surface area contributed by atoms with E-state index < -0.39 is 0 Å². The molecule has 0 aliphatic carbocycles. The summed E-state index contributed by atoms with van der Waals surface area (Å²) < 4.78 is 11.3. The Morgan fingerprint density at radius 2 is 1.71 bits per heavy atom. The zero-order valence-electron chi connectivity index (χ0n) is 13.1. The quantitative estimate of drug-likeness (QED) is 0.869. The molecule has 1 unspecified atom stereocenters. The summed E-state index contributed by atoms with van der Waals surface area (Å²) in [4.78, 5) is 2.56. The zero-order chi connectivity index (χ0) is 15.4. The monoisotopic (exact) mass is 305 g/mol. The summed E-state index contributed by atoms with van der Waals surface area (Å²) in [6, 6.07) is 7.99. The van der Waals surface area contributed by atoms with Gasteiger partial charge in [0.1, 0.15) is 0 Å². The maximum Gasteiger partial charge on any atom is 0.161 e. The third-order valence-electron chi connectivity index (χ3n) is 3.34. The van der Waals surface area contributed by atoms with Crippen LogP contribution >= 0.6 is 11.3 Å². The average molecular weight is 305 g/mol. The van der Waals surface area contributed by atoms with Crippen molar-refractivity contribution < 1.29 is 9.47 Å². The van der Waals surface area contributed by atoms with Gasteiger partial charge in [0.2, 0.25) is 0 Å². The van der Waals surface area contributed by atoms with Gasteiger partial charge in [0.15, 0.2) is 11.5 Å². The number of nitrogens with two attached hydrogens (primary N) is 1. The van der Waals surface area contributed by atoms with Crippen LogP contribution in [-0.2, 0) is 0 Å². The molecule has 21 heavy (non-hydrogen) atoms. The lowest BCUT2D eigenvalue weighted by molar-refractivity contribution is 0.287. The van der Waals surface area contributed by atoms with Crippen LogP contribution in [0.15, 0.2) is 24.3 Å². The normalized spacial score (nSPS) is 12.2. The Kier molecular flexibility index (Phi) is 5.26. The number of thiophene rings is 1. The molecule has 0 aliphatic heterocycles. The summed E-state index contributed by atoms with van der Waals surface area (Å²) in [5.41, 5.74) is 8.66. The molecule has 2 N–H and O–H groups in total. The largest absolute Gasteiger partial charge is 0.490 e. The van der Waals surface area contributed by atoms with Gasteiger partial charge in [-0.25, -0.2) is 0 Å². The second kappa shape index (κ2) is 6.96. The molecule has 0 spiro atoms. The van der Waals surface area contributed by atoms with Crippen molar-refractivity contribution in [3.8, 4) is 11.5 Å². The lowest BCUT2D eigenvalue weighted by atomic mass is 9.99. The van der Waals surface area contributed by atoms with Gasteiger partial charge in [-0.2, -0.15) is 0 Å². The van der Waals surface area contributed by atoms with E-state index in [0.29, 0.717) is 13.2 Å². The molecule has 2 aromatic rings. The summed E-state index contributed by atoms with van der Waals surface area (Å²) in [5.74, 6) is 1.53. The van der Waals surface area contributed by atoms with Crippen molar-refractivity contribution in [3.05, 3.63) is 45.1 Å². The highest BCUT2D eigenvalue weighted by Gasteiger charge is 2.16. The van der Waals surface area contributed by atoms with E-state index in [-0.39, 0.29) is 6.04 Å². The lowest BCUT2D eigenvalue weighted by Gasteiger charge is -2.16. The standard InChI is InChI=1S/C17H23NO2S/c1-5-19-15-8-7-13(10-16(15)20-6-2)17(18)14-9-11(3)21-12(14)4/h7-10,17H,5-6,18H2,1-4H3. The number of hydrogen-bond donors (Lipinski definition) is 1. The first kappa shape index (κ1) is 15.9. The van der Waals surface area contributed by atoms with Crippen LogP contribution in [0.1, 0.15) is 40.8 Å². The van der Waals surface area contributed by atoms with E-state index in [4.69, 9.17) is 15.2 Å². The molecule has 4 heteroatoms. The van der Waals surface area contributed by atoms with Gasteiger partial charge in [0.05, 0.1) is 19.3 Å². The molecule has 2 rings (SSSR count). The number of hydrogen-bond acceptors (Lipinski definition) is 4. The van der Waals surface area contributed by atoms with Crippen molar-refractivity contribution >= 4 is 11.3 Å². The third kappa shape index (κ3) is 3.57. The van der Waals surface area contributed by atoms with E-state index >= 15 is 0 Å². The van der Waals surface area contributed by atoms with Gasteiger partial charge < -0.3 is 15.2 Å². The van der Waals surface area contributed by atoms with Crippen LogP contribution in [0.5, 0.6) is 11.5 Å². The highest BCUT2D eigenvalue weighted by Crippen LogP contribution is 2.34. The predicted molar refractivity (Wildman–Crippen MR) is 88.6 cm³/mol. The maximum absolute atomic E-state index is 6.43. The summed E-state index contributed by atoms with van der Waals surface area (Å²) in [6.45, 7) is 9.38. The van der Waals surface area contributed by atoms with Crippen molar-refractivity contribution in [2.45, 2.75) is 33.7 Å². The number of benzene rings is 1.